The molecular formula is C9H10N4O. The van der Waals surface area contributed by atoms with Crippen molar-refractivity contribution in [2.24, 2.45) is 0 Å². The lowest BCUT2D eigenvalue weighted by atomic mass is 10.1. The number of aryl methyl sites for hydroxylation is 1. The van der Waals surface area contributed by atoms with Gasteiger partial charge >= 0.3 is 0 Å². The Labute approximate surface area is 80.3 Å². The van der Waals surface area contributed by atoms with Crippen LogP contribution in [0.1, 0.15) is 17.7 Å². The lowest BCUT2D eigenvalue weighted by molar-refractivity contribution is 0.434. The molecule has 14 heavy (non-hydrogen) atoms. The maximum atomic E-state index is 5.49. The van der Waals surface area contributed by atoms with E-state index >= 15 is 0 Å². The van der Waals surface area contributed by atoms with Crippen molar-refractivity contribution >= 4 is 5.82 Å². The third kappa shape index (κ3) is 0.951. The monoisotopic (exact) mass is 190 g/mol. The molecule has 0 fully saturated rings. The number of rotatable bonds is 1. The summed E-state index contributed by atoms with van der Waals surface area (Å²) in [6.45, 7) is 0. The fourth-order valence-corrected chi connectivity index (χ4v) is 1.92. The number of nitrogen functional groups attached to an aromatic ring is 1. The van der Waals surface area contributed by atoms with Gasteiger partial charge in [0, 0.05) is 17.3 Å². The summed E-state index contributed by atoms with van der Waals surface area (Å²) in [4.78, 5) is 0. The molecule has 5 heteroatoms. The summed E-state index contributed by atoms with van der Waals surface area (Å²) in [7, 11) is 0. The molecule has 72 valence electrons. The molecule has 0 radical (unpaired) electrons. The van der Waals surface area contributed by atoms with Crippen LogP contribution in [0.25, 0.3) is 11.5 Å². The third-order valence-corrected chi connectivity index (χ3v) is 2.57. The fraction of sp³-hybridized carbons (Fsp3) is 0.333. The predicted molar refractivity (Wildman–Crippen MR) is 50.5 cm³/mol. The maximum Gasteiger partial charge on any atom is 0.189 e. The van der Waals surface area contributed by atoms with Gasteiger partial charge in [-0.05, 0) is 19.3 Å². The standard InChI is InChI=1S/C9H10N4O/c10-8-4-7(14-13-8)9-5-2-1-3-6(5)11-12-9/h4H,1-3H2,(H2,10,13)(H,11,12). The van der Waals surface area contributed by atoms with E-state index in [-0.39, 0.29) is 0 Å². The predicted octanol–water partition coefficient (Wildman–Crippen LogP) is 1.14. The average molecular weight is 190 g/mol. The number of nitrogens with two attached hydrogens (primary N) is 1. The maximum absolute atomic E-state index is 5.49. The van der Waals surface area contributed by atoms with Crippen molar-refractivity contribution in [2.45, 2.75) is 19.3 Å². The SMILES string of the molecule is Nc1cc(-c2n[nH]c3c2CCC3)on1. The molecule has 0 bridgehead atoms. The Morgan fingerprint density at radius 1 is 1.43 bits per heavy atom. The van der Waals surface area contributed by atoms with Crippen LogP contribution in [0, 0.1) is 0 Å². The highest BCUT2D eigenvalue weighted by Gasteiger charge is 2.21. The topological polar surface area (TPSA) is 80.7 Å². The second-order valence-electron chi connectivity index (χ2n) is 3.50. The van der Waals surface area contributed by atoms with Crippen LogP contribution in [0.2, 0.25) is 0 Å². The largest absolute Gasteiger partial charge is 0.381 e. The molecule has 2 aromatic heterocycles. The van der Waals surface area contributed by atoms with Gasteiger partial charge < -0.3 is 10.3 Å². The molecule has 1 aliphatic rings. The molecule has 0 aromatic carbocycles. The molecule has 5 nitrogen and oxygen atoms in total. The quantitative estimate of drug-likeness (QED) is 0.706. The van der Waals surface area contributed by atoms with Gasteiger partial charge in [-0.1, -0.05) is 5.16 Å². The molecular weight excluding hydrogens is 180 g/mol. The van der Waals surface area contributed by atoms with Gasteiger partial charge in [-0.2, -0.15) is 5.10 Å². The first-order valence-corrected chi connectivity index (χ1v) is 4.63. The lowest BCUT2D eigenvalue weighted by Crippen LogP contribution is -1.82. The molecule has 0 aliphatic heterocycles. The summed E-state index contributed by atoms with van der Waals surface area (Å²) in [6.07, 6.45) is 3.31. The van der Waals surface area contributed by atoms with E-state index in [0.717, 1.165) is 18.5 Å². The number of H-pyrrole nitrogens is 1. The highest BCUT2D eigenvalue weighted by Crippen LogP contribution is 2.30. The van der Waals surface area contributed by atoms with E-state index in [1.165, 1.54) is 17.7 Å². The molecule has 3 rings (SSSR count). The molecule has 0 unspecified atom stereocenters. The van der Waals surface area contributed by atoms with Gasteiger partial charge in [0.05, 0.1) is 0 Å². The van der Waals surface area contributed by atoms with E-state index in [2.05, 4.69) is 15.4 Å². The molecule has 0 spiro atoms. The first-order valence-electron chi connectivity index (χ1n) is 4.63. The van der Waals surface area contributed by atoms with Gasteiger partial charge in [0.1, 0.15) is 5.69 Å². The summed E-state index contributed by atoms with van der Waals surface area (Å²) < 4.78 is 5.08. The molecule has 0 saturated carbocycles. The van der Waals surface area contributed by atoms with Gasteiger partial charge in [0.25, 0.3) is 0 Å². The normalized spacial score (nSPS) is 14.6. The minimum absolute atomic E-state index is 0.398. The van der Waals surface area contributed by atoms with Crippen LogP contribution < -0.4 is 5.73 Å². The van der Waals surface area contributed by atoms with Crippen LogP contribution in [0.3, 0.4) is 0 Å². The lowest BCUT2D eigenvalue weighted by Gasteiger charge is -1.91. The number of nitrogens with zero attached hydrogens (tertiary/aromatic N) is 2. The van der Waals surface area contributed by atoms with Gasteiger partial charge in [0.2, 0.25) is 0 Å². The van der Waals surface area contributed by atoms with E-state index in [4.69, 9.17) is 10.3 Å². The molecule has 2 aromatic rings. The van der Waals surface area contributed by atoms with Crippen LogP contribution in [0.15, 0.2) is 10.6 Å². The number of hydrogen-bond acceptors (Lipinski definition) is 4. The van der Waals surface area contributed by atoms with Crippen LogP contribution in [-0.4, -0.2) is 15.4 Å². The van der Waals surface area contributed by atoms with Crippen LogP contribution >= 0.6 is 0 Å². The number of anilines is 1. The first kappa shape index (κ1) is 7.61. The third-order valence-electron chi connectivity index (χ3n) is 2.57. The summed E-state index contributed by atoms with van der Waals surface area (Å²) in [5.74, 6) is 1.05. The molecule has 2 heterocycles. The highest BCUT2D eigenvalue weighted by atomic mass is 16.5. The van der Waals surface area contributed by atoms with E-state index in [1.54, 1.807) is 6.07 Å². The van der Waals surface area contributed by atoms with Crippen molar-refractivity contribution in [1.82, 2.24) is 15.4 Å². The molecule has 0 amide bonds. The summed E-state index contributed by atoms with van der Waals surface area (Å²) in [5.41, 5.74) is 8.82. The van der Waals surface area contributed by atoms with E-state index in [9.17, 15) is 0 Å². The summed E-state index contributed by atoms with van der Waals surface area (Å²) >= 11 is 0. The van der Waals surface area contributed by atoms with E-state index in [0.29, 0.717) is 11.6 Å². The second kappa shape index (κ2) is 2.60. The number of nitrogens with one attached hydrogen (secondary N) is 1. The molecule has 3 N–H and O–H groups in total. The van der Waals surface area contributed by atoms with Gasteiger partial charge in [0.15, 0.2) is 11.6 Å². The Hall–Kier alpha value is -1.78. The second-order valence-corrected chi connectivity index (χ2v) is 3.50. The zero-order chi connectivity index (χ0) is 9.54. The van der Waals surface area contributed by atoms with Crippen molar-refractivity contribution < 1.29 is 4.52 Å². The minimum atomic E-state index is 0.398. The van der Waals surface area contributed by atoms with E-state index < -0.39 is 0 Å². The number of fused-ring (bicyclic) bond motifs is 1. The Balaban J connectivity index is 2.12. The Bertz CT molecular complexity index is 471. The molecule has 0 saturated heterocycles. The van der Waals surface area contributed by atoms with Crippen molar-refractivity contribution in [2.75, 3.05) is 5.73 Å². The van der Waals surface area contributed by atoms with Gasteiger partial charge in [-0.15, -0.1) is 0 Å². The van der Waals surface area contributed by atoms with E-state index in [1.807, 2.05) is 0 Å². The van der Waals surface area contributed by atoms with Crippen molar-refractivity contribution in [3.63, 3.8) is 0 Å². The molecule has 0 atom stereocenters. The van der Waals surface area contributed by atoms with Gasteiger partial charge in [-0.25, -0.2) is 0 Å². The zero-order valence-corrected chi connectivity index (χ0v) is 7.58. The Kier molecular flexibility index (Phi) is 1.41. The number of hydrogen-bond donors (Lipinski definition) is 2. The highest BCUT2D eigenvalue weighted by molar-refractivity contribution is 5.61. The number of aromatic nitrogens is 3. The first-order chi connectivity index (χ1) is 6.84. The summed E-state index contributed by atoms with van der Waals surface area (Å²) in [6, 6.07) is 1.70. The fourth-order valence-electron chi connectivity index (χ4n) is 1.92. The Morgan fingerprint density at radius 2 is 2.36 bits per heavy atom. The van der Waals surface area contributed by atoms with Crippen molar-refractivity contribution in [3.8, 4) is 11.5 Å². The summed E-state index contributed by atoms with van der Waals surface area (Å²) in [5, 5.41) is 10.9. The van der Waals surface area contributed by atoms with Gasteiger partial charge in [-0.3, -0.25) is 5.10 Å². The van der Waals surface area contributed by atoms with Crippen LogP contribution in [0.4, 0.5) is 5.82 Å². The molecule has 1 aliphatic carbocycles. The average Bonchev–Trinajstić information content (AvgIpc) is 2.77. The van der Waals surface area contributed by atoms with Crippen LogP contribution in [0.5, 0.6) is 0 Å². The number of aromatic amines is 1. The van der Waals surface area contributed by atoms with Crippen LogP contribution in [-0.2, 0) is 12.8 Å². The smallest absolute Gasteiger partial charge is 0.189 e. The Morgan fingerprint density at radius 3 is 3.14 bits per heavy atom. The van der Waals surface area contributed by atoms with Crippen molar-refractivity contribution in [1.29, 1.82) is 0 Å². The zero-order valence-electron chi connectivity index (χ0n) is 7.58. The minimum Gasteiger partial charge on any atom is -0.381 e. The van der Waals surface area contributed by atoms with Crippen molar-refractivity contribution in [3.05, 3.63) is 17.3 Å².